The Morgan fingerprint density at radius 2 is 2.07 bits per heavy atom. The van der Waals surface area contributed by atoms with E-state index in [9.17, 15) is 5.11 Å². The quantitative estimate of drug-likeness (QED) is 0.680. The van der Waals surface area contributed by atoms with Crippen molar-refractivity contribution in [1.29, 1.82) is 0 Å². The number of hydrogen-bond donors (Lipinski definition) is 1. The number of nitrogens with zero attached hydrogens (tertiary/aromatic N) is 1. The predicted octanol–water partition coefficient (Wildman–Crippen LogP) is 1.17. The first-order valence-electron chi connectivity index (χ1n) is 5.27. The van der Waals surface area contributed by atoms with Crippen LogP contribution in [0.5, 0.6) is 0 Å². The lowest BCUT2D eigenvalue weighted by Crippen LogP contribution is -2.33. The largest absolute Gasteiger partial charge is 0.389 e. The predicted molar refractivity (Wildman–Crippen MR) is 60.6 cm³/mol. The number of thioether (sulfide) groups is 1. The number of aliphatic hydroxyl groups excluding tert-OH is 1. The highest BCUT2D eigenvalue weighted by Crippen LogP contribution is 2.10. The second kappa shape index (κ2) is 6.67. The van der Waals surface area contributed by atoms with Crippen LogP contribution >= 0.6 is 11.8 Å². The van der Waals surface area contributed by atoms with Gasteiger partial charge in [-0.3, -0.25) is 0 Å². The van der Waals surface area contributed by atoms with Crippen LogP contribution in [0.1, 0.15) is 19.8 Å². The third kappa shape index (κ3) is 4.64. The second-order valence-corrected chi connectivity index (χ2v) is 4.93. The van der Waals surface area contributed by atoms with E-state index in [2.05, 4.69) is 4.90 Å². The Bertz CT molecular complexity index is 151. The zero-order valence-electron chi connectivity index (χ0n) is 9.11. The minimum Gasteiger partial charge on any atom is -0.389 e. The molecule has 1 heterocycles. The molecular formula is C10H21NO2S. The lowest BCUT2D eigenvalue weighted by molar-refractivity contribution is 0.0154. The molecule has 1 fully saturated rings. The van der Waals surface area contributed by atoms with Gasteiger partial charge in [-0.15, -0.1) is 11.8 Å². The van der Waals surface area contributed by atoms with Crippen molar-refractivity contribution in [2.75, 3.05) is 32.5 Å². The van der Waals surface area contributed by atoms with E-state index in [1.54, 1.807) is 11.8 Å². The van der Waals surface area contributed by atoms with Crippen molar-refractivity contribution in [3.05, 3.63) is 0 Å². The van der Waals surface area contributed by atoms with E-state index in [1.165, 1.54) is 12.8 Å². The van der Waals surface area contributed by atoms with Gasteiger partial charge >= 0.3 is 0 Å². The monoisotopic (exact) mass is 219 g/mol. The maximum Gasteiger partial charge on any atom is 0.0998 e. The zero-order valence-corrected chi connectivity index (χ0v) is 9.92. The average Bonchev–Trinajstić information content (AvgIpc) is 2.66. The van der Waals surface area contributed by atoms with E-state index in [0.29, 0.717) is 6.61 Å². The highest BCUT2D eigenvalue weighted by molar-refractivity contribution is 7.99. The Balaban J connectivity index is 2.05. The smallest absolute Gasteiger partial charge is 0.0998 e. The van der Waals surface area contributed by atoms with Crippen LogP contribution in [0.4, 0.5) is 0 Å². The van der Waals surface area contributed by atoms with E-state index in [-0.39, 0.29) is 11.5 Å². The summed E-state index contributed by atoms with van der Waals surface area (Å²) in [5.41, 5.74) is 0.184. The molecule has 0 saturated carbocycles. The molecule has 0 amide bonds. The molecule has 0 aromatic rings. The van der Waals surface area contributed by atoms with Gasteiger partial charge in [-0.1, -0.05) is 0 Å². The fourth-order valence-corrected chi connectivity index (χ4v) is 1.85. The molecule has 0 radical (unpaired) electrons. The van der Waals surface area contributed by atoms with Crippen molar-refractivity contribution in [3.8, 4) is 0 Å². The van der Waals surface area contributed by atoms with E-state index < -0.39 is 0 Å². The Morgan fingerprint density at radius 3 is 2.64 bits per heavy atom. The summed E-state index contributed by atoms with van der Waals surface area (Å²) in [5, 5.41) is 9.68. The molecule has 1 rings (SSSR count). The van der Waals surface area contributed by atoms with E-state index in [1.807, 2.05) is 13.2 Å². The van der Waals surface area contributed by atoms with Crippen molar-refractivity contribution >= 4 is 11.8 Å². The van der Waals surface area contributed by atoms with Crippen LogP contribution in [0.25, 0.3) is 0 Å². The fraction of sp³-hybridized carbons (Fsp3) is 1.00. The van der Waals surface area contributed by atoms with Crippen molar-refractivity contribution in [1.82, 2.24) is 4.90 Å². The van der Waals surface area contributed by atoms with E-state index in [0.717, 1.165) is 19.6 Å². The minimum absolute atomic E-state index is 0.184. The molecule has 4 heteroatoms. The van der Waals surface area contributed by atoms with Gasteiger partial charge in [-0.2, -0.15) is 0 Å². The van der Waals surface area contributed by atoms with Gasteiger partial charge in [-0.05, 0) is 39.1 Å². The standard InChI is InChI=1S/C10H21NO2S/c1-9(14-2)13-8-10(12)7-11-5-3-4-6-11/h9-10,12H,3-8H2,1-2H3/t9?,10-/m1/s1. The number of likely N-dealkylation sites (tertiary alicyclic amines) is 1. The summed E-state index contributed by atoms with van der Waals surface area (Å²) >= 11 is 1.66. The van der Waals surface area contributed by atoms with Gasteiger partial charge in [0.05, 0.1) is 18.1 Å². The maximum absolute atomic E-state index is 9.68. The Hall–Kier alpha value is 0.230. The molecule has 1 N–H and O–H groups in total. The molecule has 0 aliphatic carbocycles. The van der Waals surface area contributed by atoms with Gasteiger partial charge in [-0.25, -0.2) is 0 Å². The third-order valence-electron chi connectivity index (χ3n) is 2.52. The molecule has 3 nitrogen and oxygen atoms in total. The van der Waals surface area contributed by atoms with E-state index >= 15 is 0 Å². The molecule has 0 aromatic carbocycles. The van der Waals surface area contributed by atoms with Crippen LogP contribution in [0, 0.1) is 0 Å². The Morgan fingerprint density at radius 1 is 1.43 bits per heavy atom. The van der Waals surface area contributed by atoms with E-state index in [4.69, 9.17) is 4.74 Å². The summed E-state index contributed by atoms with van der Waals surface area (Å²) in [6, 6.07) is 0. The number of ether oxygens (including phenoxy) is 1. The summed E-state index contributed by atoms with van der Waals surface area (Å²) in [6.45, 7) is 5.50. The highest BCUT2D eigenvalue weighted by Gasteiger charge is 2.16. The first-order chi connectivity index (χ1) is 6.72. The highest BCUT2D eigenvalue weighted by atomic mass is 32.2. The van der Waals surface area contributed by atoms with Crippen molar-refractivity contribution in [3.63, 3.8) is 0 Å². The average molecular weight is 219 g/mol. The fourth-order valence-electron chi connectivity index (χ4n) is 1.63. The molecule has 0 bridgehead atoms. The summed E-state index contributed by atoms with van der Waals surface area (Å²) in [6.07, 6.45) is 4.23. The van der Waals surface area contributed by atoms with Crippen LogP contribution in [-0.4, -0.2) is 54.0 Å². The number of aliphatic hydroxyl groups is 1. The zero-order chi connectivity index (χ0) is 10.4. The summed E-state index contributed by atoms with van der Waals surface area (Å²) < 4.78 is 5.45. The summed E-state index contributed by atoms with van der Waals surface area (Å²) in [4.78, 5) is 2.30. The third-order valence-corrected chi connectivity index (χ3v) is 3.32. The summed E-state index contributed by atoms with van der Waals surface area (Å²) in [5.74, 6) is 0. The number of hydrogen-bond acceptors (Lipinski definition) is 4. The maximum atomic E-state index is 9.68. The number of rotatable bonds is 6. The van der Waals surface area contributed by atoms with Gasteiger partial charge < -0.3 is 14.7 Å². The normalized spacial score (nSPS) is 22.5. The van der Waals surface area contributed by atoms with Gasteiger partial charge in [0.2, 0.25) is 0 Å². The second-order valence-electron chi connectivity index (χ2n) is 3.80. The first kappa shape index (κ1) is 12.3. The molecule has 0 aromatic heterocycles. The molecule has 1 unspecified atom stereocenters. The molecule has 1 saturated heterocycles. The summed E-state index contributed by atoms with van der Waals surface area (Å²) in [7, 11) is 0. The lowest BCUT2D eigenvalue weighted by atomic mass is 10.3. The molecule has 14 heavy (non-hydrogen) atoms. The van der Waals surface area contributed by atoms with Crippen LogP contribution in [-0.2, 0) is 4.74 Å². The number of β-amino-alcohol motifs (C(OH)–C–C–N with tert-alkyl or cyclic N) is 1. The SMILES string of the molecule is CSC(C)OC[C@H](O)CN1CCCC1. The molecular weight excluding hydrogens is 198 g/mol. The molecule has 1 aliphatic heterocycles. The van der Waals surface area contributed by atoms with Crippen LogP contribution in [0.3, 0.4) is 0 Å². The Kier molecular flexibility index (Phi) is 5.86. The van der Waals surface area contributed by atoms with Crippen LogP contribution in [0.15, 0.2) is 0 Å². The molecule has 84 valence electrons. The van der Waals surface area contributed by atoms with Crippen LogP contribution < -0.4 is 0 Å². The van der Waals surface area contributed by atoms with Crippen LogP contribution in [0.2, 0.25) is 0 Å². The first-order valence-corrected chi connectivity index (χ1v) is 6.56. The van der Waals surface area contributed by atoms with Crippen molar-refractivity contribution in [2.45, 2.75) is 31.3 Å². The molecule has 1 aliphatic rings. The van der Waals surface area contributed by atoms with Gasteiger partial charge in [0, 0.05) is 6.54 Å². The Labute approximate surface area is 90.8 Å². The van der Waals surface area contributed by atoms with Crippen molar-refractivity contribution in [2.24, 2.45) is 0 Å². The lowest BCUT2D eigenvalue weighted by Gasteiger charge is -2.20. The van der Waals surface area contributed by atoms with Gasteiger partial charge in [0.15, 0.2) is 0 Å². The minimum atomic E-state index is -0.331. The topological polar surface area (TPSA) is 32.7 Å². The molecule has 0 spiro atoms. The van der Waals surface area contributed by atoms with Crippen molar-refractivity contribution < 1.29 is 9.84 Å². The van der Waals surface area contributed by atoms with Gasteiger partial charge in [0.25, 0.3) is 0 Å². The molecule has 2 atom stereocenters. The van der Waals surface area contributed by atoms with Gasteiger partial charge in [0.1, 0.15) is 0 Å².